The monoisotopic (exact) mass is 212 g/mol. The van der Waals surface area contributed by atoms with Gasteiger partial charge in [0.1, 0.15) is 0 Å². The van der Waals surface area contributed by atoms with Gasteiger partial charge in [-0.3, -0.25) is 0 Å². The molecule has 0 heterocycles. The Hall–Kier alpha value is 0. The van der Waals surface area contributed by atoms with Crippen LogP contribution >= 0.6 is 0 Å². The second-order valence-electron chi connectivity index (χ2n) is 5.30. The van der Waals surface area contributed by atoms with Gasteiger partial charge in [0.15, 0.2) is 0 Å². The Balaban J connectivity index is 4.44. The first-order valence-electron chi connectivity index (χ1n) is 7.12. The van der Waals surface area contributed by atoms with Crippen molar-refractivity contribution in [2.75, 3.05) is 0 Å². The smallest absolute Gasteiger partial charge is 0.0360 e. The molecule has 0 aromatic rings. The lowest BCUT2D eigenvalue weighted by Gasteiger charge is -2.34. The van der Waals surface area contributed by atoms with Crippen LogP contribution in [0.25, 0.3) is 0 Å². The van der Waals surface area contributed by atoms with Gasteiger partial charge >= 0.3 is 0 Å². The maximum atomic E-state index is 2.46. The summed E-state index contributed by atoms with van der Waals surface area (Å²) in [6.45, 7) is 14.3. The highest BCUT2D eigenvalue weighted by Gasteiger charge is 2.26. The molecule has 4 unspecified atom stereocenters. The number of rotatable bonds is 8. The first-order valence-corrected chi connectivity index (χ1v) is 7.12. The van der Waals surface area contributed by atoms with Gasteiger partial charge in [-0.2, -0.15) is 0 Å². The van der Waals surface area contributed by atoms with E-state index in [4.69, 9.17) is 0 Å². The molecule has 0 aliphatic carbocycles. The molecule has 0 aromatic carbocycles. The third kappa shape index (κ3) is 4.57. The predicted molar refractivity (Wildman–Crippen MR) is 71.1 cm³/mol. The van der Waals surface area contributed by atoms with E-state index in [1.807, 2.05) is 0 Å². The fourth-order valence-electron chi connectivity index (χ4n) is 3.23. The van der Waals surface area contributed by atoms with E-state index in [9.17, 15) is 0 Å². The van der Waals surface area contributed by atoms with Gasteiger partial charge in [0, 0.05) is 0 Å². The van der Waals surface area contributed by atoms with Crippen LogP contribution in [-0.2, 0) is 0 Å². The second kappa shape index (κ2) is 8.19. The molecule has 4 atom stereocenters. The van der Waals surface area contributed by atoms with Crippen molar-refractivity contribution in [1.29, 1.82) is 0 Å². The van der Waals surface area contributed by atoms with Crippen molar-refractivity contribution in [2.24, 2.45) is 23.7 Å². The minimum Gasteiger partial charge on any atom is -0.0654 e. The predicted octanol–water partition coefficient (Wildman–Crippen LogP) is 5.52. The first kappa shape index (κ1) is 15.0. The Kier molecular flexibility index (Phi) is 8.19. The van der Waals surface area contributed by atoms with Crippen LogP contribution in [0.4, 0.5) is 0 Å². The molecule has 0 heteroatoms. The lowest BCUT2D eigenvalue weighted by atomic mass is 9.71. The summed E-state index contributed by atoms with van der Waals surface area (Å²) < 4.78 is 0. The summed E-state index contributed by atoms with van der Waals surface area (Å²) >= 11 is 0. The molecule has 0 nitrogen and oxygen atoms in total. The zero-order valence-electron chi connectivity index (χ0n) is 11.8. The van der Waals surface area contributed by atoms with E-state index in [2.05, 4.69) is 41.5 Å². The summed E-state index contributed by atoms with van der Waals surface area (Å²) in [4.78, 5) is 0. The van der Waals surface area contributed by atoms with Crippen LogP contribution in [0.3, 0.4) is 0 Å². The SMILES string of the molecule is CCCC(C)C(CC)C(CC)C(C)CC. The van der Waals surface area contributed by atoms with Gasteiger partial charge in [0.05, 0.1) is 0 Å². The topological polar surface area (TPSA) is 0 Å². The minimum atomic E-state index is 0.902. The van der Waals surface area contributed by atoms with Crippen molar-refractivity contribution < 1.29 is 0 Å². The molecule has 0 aromatic heterocycles. The van der Waals surface area contributed by atoms with Crippen molar-refractivity contribution in [2.45, 2.75) is 73.6 Å². The summed E-state index contributed by atoms with van der Waals surface area (Å²) in [6, 6.07) is 0. The van der Waals surface area contributed by atoms with Crippen molar-refractivity contribution in [3.8, 4) is 0 Å². The van der Waals surface area contributed by atoms with Gasteiger partial charge < -0.3 is 0 Å². The Bertz CT molecular complexity index is 139. The van der Waals surface area contributed by atoms with E-state index >= 15 is 0 Å². The summed E-state index contributed by atoms with van der Waals surface area (Å²) in [7, 11) is 0. The van der Waals surface area contributed by atoms with Crippen LogP contribution in [0.2, 0.25) is 0 Å². The third-order valence-corrected chi connectivity index (χ3v) is 4.34. The second-order valence-corrected chi connectivity index (χ2v) is 5.30. The molecule has 0 saturated heterocycles. The van der Waals surface area contributed by atoms with E-state index < -0.39 is 0 Å². The summed E-state index contributed by atoms with van der Waals surface area (Å²) in [5.74, 6) is 3.71. The van der Waals surface area contributed by atoms with Gasteiger partial charge in [0.25, 0.3) is 0 Å². The quantitative estimate of drug-likeness (QED) is 0.497. The number of hydrogen-bond acceptors (Lipinski definition) is 0. The lowest BCUT2D eigenvalue weighted by Crippen LogP contribution is -2.26. The van der Waals surface area contributed by atoms with Crippen LogP contribution in [-0.4, -0.2) is 0 Å². The molecule has 0 aliphatic rings. The molecule has 0 spiro atoms. The first-order chi connectivity index (χ1) is 7.12. The summed E-state index contributed by atoms with van der Waals surface area (Å²) in [6.07, 6.45) is 6.82. The van der Waals surface area contributed by atoms with Crippen molar-refractivity contribution in [3.63, 3.8) is 0 Å². The average molecular weight is 212 g/mol. The Morgan fingerprint density at radius 2 is 1.13 bits per heavy atom. The van der Waals surface area contributed by atoms with E-state index in [0.29, 0.717) is 0 Å². The maximum absolute atomic E-state index is 2.46. The van der Waals surface area contributed by atoms with E-state index in [-0.39, 0.29) is 0 Å². The minimum absolute atomic E-state index is 0.902. The van der Waals surface area contributed by atoms with Gasteiger partial charge in [-0.25, -0.2) is 0 Å². The van der Waals surface area contributed by atoms with Crippen LogP contribution in [0.15, 0.2) is 0 Å². The maximum Gasteiger partial charge on any atom is -0.0360 e. The third-order valence-electron chi connectivity index (χ3n) is 4.34. The molecule has 0 aliphatic heterocycles. The fourth-order valence-corrected chi connectivity index (χ4v) is 3.23. The molecule has 0 amide bonds. The van der Waals surface area contributed by atoms with Gasteiger partial charge in [-0.15, -0.1) is 0 Å². The summed E-state index contributed by atoms with van der Waals surface area (Å²) in [5, 5.41) is 0. The lowest BCUT2D eigenvalue weighted by molar-refractivity contribution is 0.156. The molecule has 92 valence electrons. The highest BCUT2D eigenvalue weighted by atomic mass is 14.3. The Labute approximate surface area is 97.8 Å². The highest BCUT2D eigenvalue weighted by molar-refractivity contribution is 4.76. The van der Waals surface area contributed by atoms with Gasteiger partial charge in [-0.1, -0.05) is 73.6 Å². The highest BCUT2D eigenvalue weighted by Crippen LogP contribution is 2.35. The van der Waals surface area contributed by atoms with E-state index in [1.54, 1.807) is 0 Å². The molecule has 0 fully saturated rings. The van der Waals surface area contributed by atoms with Crippen LogP contribution < -0.4 is 0 Å². The van der Waals surface area contributed by atoms with E-state index in [0.717, 1.165) is 23.7 Å². The molecular weight excluding hydrogens is 180 g/mol. The van der Waals surface area contributed by atoms with Crippen molar-refractivity contribution in [1.82, 2.24) is 0 Å². The number of hydrogen-bond donors (Lipinski definition) is 0. The van der Waals surface area contributed by atoms with Gasteiger partial charge in [0.2, 0.25) is 0 Å². The Morgan fingerprint density at radius 3 is 1.47 bits per heavy atom. The van der Waals surface area contributed by atoms with E-state index in [1.165, 1.54) is 32.1 Å². The van der Waals surface area contributed by atoms with Crippen LogP contribution in [0.5, 0.6) is 0 Å². The zero-order chi connectivity index (χ0) is 11.8. The molecule has 0 N–H and O–H groups in total. The molecule has 0 rings (SSSR count). The molecule has 15 heavy (non-hydrogen) atoms. The van der Waals surface area contributed by atoms with Crippen LogP contribution in [0, 0.1) is 23.7 Å². The molecule has 0 saturated carbocycles. The summed E-state index contributed by atoms with van der Waals surface area (Å²) in [5.41, 5.74) is 0. The van der Waals surface area contributed by atoms with Crippen molar-refractivity contribution >= 4 is 0 Å². The molecule has 0 bridgehead atoms. The fraction of sp³-hybridized carbons (Fsp3) is 1.00. The Morgan fingerprint density at radius 1 is 0.667 bits per heavy atom. The molecule has 0 radical (unpaired) electrons. The zero-order valence-corrected chi connectivity index (χ0v) is 11.8. The molecular formula is C15H32. The normalized spacial score (nSPS) is 19.6. The van der Waals surface area contributed by atoms with Gasteiger partial charge in [-0.05, 0) is 23.7 Å². The average Bonchev–Trinajstić information content (AvgIpc) is 2.24. The van der Waals surface area contributed by atoms with Crippen molar-refractivity contribution in [3.05, 3.63) is 0 Å². The standard InChI is InChI=1S/C15H32/c1-7-11-13(6)15(10-4)14(9-3)12(5)8-2/h12-15H,7-11H2,1-6H3. The largest absolute Gasteiger partial charge is 0.0654 e. The van der Waals surface area contributed by atoms with Crippen LogP contribution in [0.1, 0.15) is 73.6 Å².